The van der Waals surface area contributed by atoms with Crippen LogP contribution in [0, 0.1) is 3.57 Å². The van der Waals surface area contributed by atoms with Gasteiger partial charge in [0.25, 0.3) is 11.8 Å². The number of imide groups is 1. The van der Waals surface area contributed by atoms with Crippen molar-refractivity contribution >= 4 is 57.3 Å². The summed E-state index contributed by atoms with van der Waals surface area (Å²) in [5, 5.41) is 1.91. The second-order valence-corrected chi connectivity index (χ2v) is 9.24. The molecule has 3 amide bonds. The van der Waals surface area contributed by atoms with E-state index in [1.165, 1.54) is 21.1 Å². The van der Waals surface area contributed by atoms with Crippen LogP contribution in [0.1, 0.15) is 11.3 Å². The normalized spacial score (nSPS) is 15.9. The highest BCUT2D eigenvalue weighted by Crippen LogP contribution is 2.28. The Morgan fingerprint density at radius 1 is 1.06 bits per heavy atom. The van der Waals surface area contributed by atoms with Gasteiger partial charge >= 0.3 is 0 Å². The molecule has 6 nitrogen and oxygen atoms in total. The third-order valence-electron chi connectivity index (χ3n) is 4.92. The fourth-order valence-electron chi connectivity index (χ4n) is 3.41. The first-order valence-electron chi connectivity index (χ1n) is 9.65. The Balaban J connectivity index is 1.55. The molecule has 1 fully saturated rings. The summed E-state index contributed by atoms with van der Waals surface area (Å²) in [6.07, 6.45) is -0.0483. The topological polar surface area (TPSA) is 66.9 Å². The zero-order chi connectivity index (χ0) is 21.8. The predicted molar refractivity (Wildman–Crippen MR) is 127 cm³/mol. The van der Waals surface area contributed by atoms with E-state index in [1.807, 2.05) is 47.8 Å². The van der Waals surface area contributed by atoms with E-state index in [1.54, 1.807) is 24.3 Å². The number of carbonyl (C=O) groups excluding carboxylic acids is 3. The van der Waals surface area contributed by atoms with Gasteiger partial charge in [0.2, 0.25) is 5.91 Å². The van der Waals surface area contributed by atoms with Crippen molar-refractivity contribution in [3.05, 3.63) is 80.6 Å². The molecule has 4 rings (SSSR count). The molecule has 8 heteroatoms. The smallest absolute Gasteiger partial charge is 0.261 e. The molecule has 0 aliphatic carbocycles. The molecule has 0 radical (unpaired) electrons. The number of thiophene rings is 1. The minimum Gasteiger partial charge on any atom is -0.484 e. The molecule has 0 saturated carbocycles. The Kier molecular flexibility index (Phi) is 6.67. The van der Waals surface area contributed by atoms with Crippen molar-refractivity contribution in [2.24, 2.45) is 0 Å². The molecule has 0 N–H and O–H groups in total. The van der Waals surface area contributed by atoms with Crippen molar-refractivity contribution in [1.82, 2.24) is 4.90 Å². The Morgan fingerprint density at radius 3 is 2.48 bits per heavy atom. The number of para-hydroxylation sites is 1. The Hall–Kier alpha value is -2.72. The fourth-order valence-corrected chi connectivity index (χ4v) is 4.47. The van der Waals surface area contributed by atoms with Gasteiger partial charge in [0.15, 0.2) is 6.61 Å². The number of amides is 3. The largest absolute Gasteiger partial charge is 0.484 e. The second kappa shape index (κ2) is 9.61. The molecule has 1 aliphatic heterocycles. The highest BCUT2D eigenvalue weighted by Gasteiger charge is 2.44. The van der Waals surface area contributed by atoms with E-state index in [4.69, 9.17) is 4.74 Å². The number of benzene rings is 2. The number of hydrogen-bond donors (Lipinski definition) is 0. The van der Waals surface area contributed by atoms with Gasteiger partial charge in [0.1, 0.15) is 11.8 Å². The molecule has 1 saturated heterocycles. The molecule has 2 aromatic carbocycles. The van der Waals surface area contributed by atoms with E-state index < -0.39 is 11.9 Å². The van der Waals surface area contributed by atoms with Gasteiger partial charge in [-0.15, -0.1) is 11.3 Å². The van der Waals surface area contributed by atoms with Crippen molar-refractivity contribution in [2.45, 2.75) is 19.0 Å². The maximum absolute atomic E-state index is 13.2. The zero-order valence-electron chi connectivity index (χ0n) is 16.4. The summed E-state index contributed by atoms with van der Waals surface area (Å²) in [5.74, 6) is -0.478. The van der Waals surface area contributed by atoms with Crippen LogP contribution < -0.4 is 9.64 Å². The first kappa shape index (κ1) is 21.5. The monoisotopic (exact) mass is 546 g/mol. The third-order valence-corrected chi connectivity index (χ3v) is 6.50. The summed E-state index contributed by atoms with van der Waals surface area (Å²) >= 11 is 3.66. The molecule has 2 heterocycles. The lowest BCUT2D eigenvalue weighted by molar-refractivity contribution is -0.140. The first-order chi connectivity index (χ1) is 15.0. The van der Waals surface area contributed by atoms with E-state index in [-0.39, 0.29) is 31.4 Å². The van der Waals surface area contributed by atoms with Gasteiger partial charge in [-0.25, -0.2) is 4.90 Å². The lowest BCUT2D eigenvalue weighted by Gasteiger charge is -2.27. The van der Waals surface area contributed by atoms with E-state index in [0.29, 0.717) is 11.4 Å². The van der Waals surface area contributed by atoms with Gasteiger partial charge in [0.05, 0.1) is 18.7 Å². The average Bonchev–Trinajstić information content (AvgIpc) is 3.39. The van der Waals surface area contributed by atoms with Gasteiger partial charge in [-0.05, 0) is 70.4 Å². The first-order valence-corrected chi connectivity index (χ1v) is 11.6. The van der Waals surface area contributed by atoms with Crippen LogP contribution >= 0.6 is 33.9 Å². The molecule has 1 aromatic heterocycles. The SMILES string of the molecule is O=C1CC(N(Cc2cccs2)C(=O)COc2ccccc2)C(=O)N1c1ccc(I)cc1. The highest BCUT2D eigenvalue weighted by molar-refractivity contribution is 14.1. The number of ether oxygens (including phenoxy) is 1. The summed E-state index contributed by atoms with van der Waals surface area (Å²) in [6.45, 7) is 0.0375. The number of rotatable bonds is 7. The summed E-state index contributed by atoms with van der Waals surface area (Å²) in [6, 6.07) is 19.1. The minimum atomic E-state index is -0.860. The maximum atomic E-state index is 13.2. The minimum absolute atomic E-state index is 0.0483. The quantitative estimate of drug-likeness (QED) is 0.331. The number of anilines is 1. The van der Waals surface area contributed by atoms with Crippen molar-refractivity contribution in [3.63, 3.8) is 0 Å². The molecule has 3 aromatic rings. The summed E-state index contributed by atoms with van der Waals surface area (Å²) < 4.78 is 6.62. The van der Waals surface area contributed by atoms with Gasteiger partial charge in [-0.1, -0.05) is 24.3 Å². The molecule has 1 unspecified atom stereocenters. The summed E-state index contributed by atoms with van der Waals surface area (Å²) in [7, 11) is 0. The predicted octanol–water partition coefficient (Wildman–Crippen LogP) is 4.09. The van der Waals surface area contributed by atoms with Crippen LogP contribution in [-0.4, -0.2) is 35.3 Å². The standard InChI is InChI=1S/C23H19IN2O4S/c24-16-8-10-17(11-9-16)26-21(27)13-20(23(26)29)25(14-19-7-4-12-31-19)22(28)15-30-18-5-2-1-3-6-18/h1-12,20H,13-15H2. The molecule has 1 aliphatic rings. The Bertz CT molecular complexity index is 1070. The third kappa shape index (κ3) is 4.96. The van der Waals surface area contributed by atoms with Crippen molar-refractivity contribution in [1.29, 1.82) is 0 Å². The van der Waals surface area contributed by atoms with E-state index in [0.717, 1.165) is 8.45 Å². The number of hydrogen-bond acceptors (Lipinski definition) is 5. The van der Waals surface area contributed by atoms with Crippen molar-refractivity contribution in [2.75, 3.05) is 11.5 Å². The summed E-state index contributed by atoms with van der Waals surface area (Å²) in [4.78, 5) is 42.6. The van der Waals surface area contributed by atoms with Crippen LogP contribution in [0.25, 0.3) is 0 Å². The van der Waals surface area contributed by atoms with Crippen molar-refractivity contribution < 1.29 is 19.1 Å². The maximum Gasteiger partial charge on any atom is 0.261 e. The van der Waals surface area contributed by atoms with Gasteiger partial charge in [0, 0.05) is 8.45 Å². The van der Waals surface area contributed by atoms with E-state index >= 15 is 0 Å². The summed E-state index contributed by atoms with van der Waals surface area (Å²) in [5.41, 5.74) is 0.516. The molecule has 0 bridgehead atoms. The fraction of sp³-hybridized carbons (Fsp3) is 0.174. The van der Waals surface area contributed by atoms with Crippen LogP contribution in [0.4, 0.5) is 5.69 Å². The number of halogens is 1. The Morgan fingerprint density at radius 2 is 1.81 bits per heavy atom. The van der Waals surface area contributed by atoms with Gasteiger partial charge in [-0.3, -0.25) is 14.4 Å². The van der Waals surface area contributed by atoms with Crippen LogP contribution in [0.15, 0.2) is 72.1 Å². The average molecular weight is 546 g/mol. The van der Waals surface area contributed by atoms with Crippen molar-refractivity contribution in [3.8, 4) is 5.75 Å². The molecule has 31 heavy (non-hydrogen) atoms. The molecular formula is C23H19IN2O4S. The lowest BCUT2D eigenvalue weighted by Crippen LogP contribution is -2.46. The second-order valence-electron chi connectivity index (χ2n) is 6.97. The lowest BCUT2D eigenvalue weighted by atomic mass is 10.2. The van der Waals surface area contributed by atoms with Crippen LogP contribution in [0.2, 0.25) is 0 Å². The van der Waals surface area contributed by atoms with E-state index in [9.17, 15) is 14.4 Å². The van der Waals surface area contributed by atoms with Crippen LogP contribution in [0.3, 0.4) is 0 Å². The van der Waals surface area contributed by atoms with E-state index in [2.05, 4.69) is 22.6 Å². The van der Waals surface area contributed by atoms with Crippen LogP contribution in [-0.2, 0) is 20.9 Å². The number of carbonyl (C=O) groups is 3. The highest BCUT2D eigenvalue weighted by atomic mass is 127. The zero-order valence-corrected chi connectivity index (χ0v) is 19.4. The Labute approximate surface area is 197 Å². The van der Waals surface area contributed by atoms with Crippen LogP contribution in [0.5, 0.6) is 5.75 Å². The molecular weight excluding hydrogens is 527 g/mol. The molecule has 1 atom stereocenters. The van der Waals surface area contributed by atoms with Gasteiger partial charge in [-0.2, -0.15) is 0 Å². The number of nitrogens with zero attached hydrogens (tertiary/aromatic N) is 2. The molecule has 0 spiro atoms. The molecule has 158 valence electrons. The van der Waals surface area contributed by atoms with Gasteiger partial charge < -0.3 is 9.64 Å².